The number of amides is 1. The van der Waals surface area contributed by atoms with E-state index >= 15 is 4.39 Å². The van der Waals surface area contributed by atoms with Crippen LogP contribution in [0.25, 0.3) is 22.0 Å². The molecule has 0 radical (unpaired) electrons. The molecule has 1 aliphatic heterocycles. The molecule has 5 nitrogen and oxygen atoms in total. The molecule has 1 amide bonds. The summed E-state index contributed by atoms with van der Waals surface area (Å²) in [6.07, 6.45) is 6.10. The second-order valence-corrected chi connectivity index (χ2v) is 9.47. The zero-order chi connectivity index (χ0) is 23.8. The van der Waals surface area contributed by atoms with Crippen LogP contribution in [0.5, 0.6) is 0 Å². The lowest BCUT2D eigenvalue weighted by atomic mass is 9.95. The van der Waals surface area contributed by atoms with Gasteiger partial charge in [0.15, 0.2) is 5.82 Å². The van der Waals surface area contributed by atoms with Gasteiger partial charge in [0.1, 0.15) is 23.5 Å². The zero-order valence-electron chi connectivity index (χ0n) is 19.2. The summed E-state index contributed by atoms with van der Waals surface area (Å²) in [4.78, 5) is 25.4. The minimum Gasteiger partial charge on any atom is -0.352 e. The fourth-order valence-corrected chi connectivity index (χ4v) is 5.60. The summed E-state index contributed by atoms with van der Waals surface area (Å²) in [5.41, 5.74) is 0.992. The first-order chi connectivity index (χ1) is 16.5. The Hall–Kier alpha value is -2.80. The van der Waals surface area contributed by atoms with E-state index in [1.54, 1.807) is 18.2 Å². The summed E-state index contributed by atoms with van der Waals surface area (Å²) in [6.45, 7) is 4.29. The van der Waals surface area contributed by atoms with Crippen LogP contribution in [0.15, 0.2) is 30.6 Å². The van der Waals surface area contributed by atoms with Gasteiger partial charge in [-0.15, -0.1) is 0 Å². The van der Waals surface area contributed by atoms with E-state index < -0.39 is 11.6 Å². The van der Waals surface area contributed by atoms with Gasteiger partial charge < -0.3 is 9.80 Å². The molecule has 2 aromatic carbocycles. The topological polar surface area (TPSA) is 49.3 Å². The monoisotopic (exact) mass is 484 g/mol. The van der Waals surface area contributed by atoms with E-state index in [1.165, 1.54) is 12.4 Å². The first-order valence-corrected chi connectivity index (χ1v) is 12.3. The van der Waals surface area contributed by atoms with Gasteiger partial charge in [-0.3, -0.25) is 4.79 Å². The molecule has 3 aromatic rings. The van der Waals surface area contributed by atoms with Crippen LogP contribution in [0, 0.1) is 17.6 Å². The Bertz CT molecular complexity index is 1240. The van der Waals surface area contributed by atoms with Gasteiger partial charge in [-0.2, -0.15) is 0 Å². The molecule has 5 rings (SSSR count). The molecule has 2 aliphatic rings. The molecule has 34 heavy (non-hydrogen) atoms. The van der Waals surface area contributed by atoms with Gasteiger partial charge in [0, 0.05) is 48.6 Å². The summed E-state index contributed by atoms with van der Waals surface area (Å²) in [5.74, 6) is -0.184. The largest absolute Gasteiger partial charge is 0.352 e. The molecular weight excluding hydrogens is 458 g/mol. The first-order valence-electron chi connectivity index (χ1n) is 11.9. The normalized spacial score (nSPS) is 17.1. The molecule has 0 bridgehead atoms. The van der Waals surface area contributed by atoms with Crippen LogP contribution >= 0.6 is 11.6 Å². The molecule has 2 heterocycles. The van der Waals surface area contributed by atoms with E-state index in [4.69, 9.17) is 11.6 Å². The van der Waals surface area contributed by atoms with Gasteiger partial charge in [0.2, 0.25) is 5.91 Å². The second-order valence-electron chi connectivity index (χ2n) is 9.06. The van der Waals surface area contributed by atoms with Crippen molar-refractivity contribution in [2.45, 2.75) is 39.0 Å². The molecule has 1 aliphatic carbocycles. The molecule has 1 aromatic heterocycles. The van der Waals surface area contributed by atoms with Crippen LogP contribution in [0.4, 0.5) is 14.6 Å². The smallest absolute Gasteiger partial charge is 0.225 e. The van der Waals surface area contributed by atoms with Crippen LogP contribution in [-0.4, -0.2) is 47.0 Å². The van der Waals surface area contributed by atoms with Gasteiger partial charge >= 0.3 is 0 Å². The number of halogens is 3. The molecular formula is C26H27ClF2N4O. The van der Waals surface area contributed by atoms with Crippen molar-refractivity contribution in [1.29, 1.82) is 0 Å². The Morgan fingerprint density at radius 1 is 1.09 bits per heavy atom. The molecule has 0 unspecified atom stereocenters. The Morgan fingerprint density at radius 2 is 1.82 bits per heavy atom. The highest BCUT2D eigenvalue weighted by Gasteiger charge is 2.30. The number of fused-ring (bicyclic) bond motifs is 1. The number of carbonyl (C=O) groups excluding carboxylic acids is 1. The first kappa shape index (κ1) is 23.0. The molecule has 0 N–H and O–H groups in total. The lowest BCUT2D eigenvalue weighted by Gasteiger charge is -2.37. The number of benzene rings is 2. The third-order valence-electron chi connectivity index (χ3n) is 7.13. The molecule has 0 atom stereocenters. The number of aryl methyl sites for hydroxylation is 1. The summed E-state index contributed by atoms with van der Waals surface area (Å²) in [7, 11) is 0. The quantitative estimate of drug-likeness (QED) is 0.481. The summed E-state index contributed by atoms with van der Waals surface area (Å²) in [6, 6.07) is 6.33. The van der Waals surface area contributed by atoms with Crippen molar-refractivity contribution in [3.8, 4) is 11.1 Å². The van der Waals surface area contributed by atoms with E-state index in [-0.39, 0.29) is 33.5 Å². The van der Waals surface area contributed by atoms with E-state index in [1.807, 2.05) is 16.7 Å². The molecule has 1 saturated heterocycles. The SMILES string of the molecule is CCc1cccc(F)c1-c1c(Cl)cc2c(N3CCN(C(=O)C4CCCC4)CC3)ncnc2c1F. The van der Waals surface area contributed by atoms with E-state index in [0.29, 0.717) is 49.4 Å². The maximum Gasteiger partial charge on any atom is 0.225 e. The van der Waals surface area contributed by atoms with Crippen molar-refractivity contribution >= 4 is 34.2 Å². The number of carbonyl (C=O) groups is 1. The molecule has 1 saturated carbocycles. The Balaban J connectivity index is 1.48. The number of hydrogen-bond acceptors (Lipinski definition) is 4. The fourth-order valence-electron chi connectivity index (χ4n) is 5.31. The minimum atomic E-state index is -0.652. The van der Waals surface area contributed by atoms with Crippen LogP contribution in [0.2, 0.25) is 5.02 Å². The highest BCUT2D eigenvalue weighted by Crippen LogP contribution is 2.40. The second kappa shape index (κ2) is 9.45. The standard InChI is InChI=1S/C26H27ClF2N4O/c1-2-16-8-5-9-20(28)21(16)22-19(27)14-18-24(23(22)29)30-15-31-25(18)32-10-12-33(13-11-32)26(34)17-6-3-4-7-17/h5,8-9,14-15,17H,2-4,6-7,10-13H2,1H3. The Kier molecular flexibility index (Phi) is 6.38. The third-order valence-corrected chi connectivity index (χ3v) is 7.42. The van der Waals surface area contributed by atoms with Crippen molar-refractivity contribution in [1.82, 2.24) is 14.9 Å². The Morgan fingerprint density at radius 3 is 2.53 bits per heavy atom. The van der Waals surface area contributed by atoms with Gasteiger partial charge in [-0.25, -0.2) is 18.7 Å². The van der Waals surface area contributed by atoms with Crippen molar-refractivity contribution in [3.63, 3.8) is 0 Å². The summed E-state index contributed by atoms with van der Waals surface area (Å²) in [5, 5.41) is 0.606. The molecule has 0 spiro atoms. The van der Waals surface area contributed by atoms with Crippen LogP contribution in [-0.2, 0) is 11.2 Å². The predicted molar refractivity (Wildman–Crippen MR) is 130 cm³/mol. The third kappa shape index (κ3) is 4.00. The van der Waals surface area contributed by atoms with Crippen molar-refractivity contribution < 1.29 is 13.6 Å². The number of aromatic nitrogens is 2. The van der Waals surface area contributed by atoms with Crippen LogP contribution < -0.4 is 4.90 Å². The Labute approximate surface area is 202 Å². The molecule has 2 fully saturated rings. The summed E-state index contributed by atoms with van der Waals surface area (Å²) < 4.78 is 30.6. The van der Waals surface area contributed by atoms with Crippen molar-refractivity contribution in [2.24, 2.45) is 5.92 Å². The lowest BCUT2D eigenvalue weighted by Crippen LogP contribution is -2.50. The van der Waals surface area contributed by atoms with Crippen LogP contribution in [0.1, 0.15) is 38.2 Å². The van der Waals surface area contributed by atoms with Gasteiger partial charge in [0.05, 0.1) is 5.02 Å². The number of rotatable bonds is 4. The zero-order valence-corrected chi connectivity index (χ0v) is 19.9. The van der Waals surface area contributed by atoms with Crippen molar-refractivity contribution in [2.75, 3.05) is 31.1 Å². The van der Waals surface area contributed by atoms with Gasteiger partial charge in [-0.05, 0) is 37.0 Å². The average molecular weight is 485 g/mol. The number of hydrogen-bond donors (Lipinski definition) is 0. The maximum absolute atomic E-state index is 15.8. The molecule has 178 valence electrons. The average Bonchev–Trinajstić information content (AvgIpc) is 3.39. The highest BCUT2D eigenvalue weighted by molar-refractivity contribution is 6.34. The summed E-state index contributed by atoms with van der Waals surface area (Å²) >= 11 is 6.56. The molecule has 8 heteroatoms. The number of piperazine rings is 1. The number of anilines is 1. The maximum atomic E-state index is 15.8. The lowest BCUT2D eigenvalue weighted by molar-refractivity contribution is -0.135. The van der Waals surface area contributed by atoms with E-state index in [0.717, 1.165) is 25.7 Å². The minimum absolute atomic E-state index is 0.0285. The number of nitrogens with zero attached hydrogens (tertiary/aromatic N) is 4. The van der Waals surface area contributed by atoms with Gasteiger partial charge in [-0.1, -0.05) is 43.5 Å². The fraction of sp³-hybridized carbons (Fsp3) is 0.423. The highest BCUT2D eigenvalue weighted by atomic mass is 35.5. The van der Waals surface area contributed by atoms with E-state index in [9.17, 15) is 9.18 Å². The van der Waals surface area contributed by atoms with Crippen LogP contribution in [0.3, 0.4) is 0 Å². The van der Waals surface area contributed by atoms with E-state index in [2.05, 4.69) is 9.97 Å². The van der Waals surface area contributed by atoms with Crippen molar-refractivity contribution in [3.05, 3.63) is 52.8 Å². The predicted octanol–water partition coefficient (Wildman–Crippen LogP) is 5.63. The van der Waals surface area contributed by atoms with Gasteiger partial charge in [0.25, 0.3) is 0 Å².